The van der Waals surface area contributed by atoms with Crippen molar-refractivity contribution in [3.63, 3.8) is 0 Å². The van der Waals surface area contributed by atoms with Crippen molar-refractivity contribution in [2.45, 2.75) is 4.90 Å². The van der Waals surface area contributed by atoms with Crippen molar-refractivity contribution in [1.29, 1.82) is 0 Å². The summed E-state index contributed by atoms with van der Waals surface area (Å²) >= 11 is 9.31. The lowest BCUT2D eigenvalue weighted by atomic mass is 10.3. The Bertz CT molecular complexity index is 188. The third-order valence-corrected chi connectivity index (χ3v) is 1.17. The summed E-state index contributed by atoms with van der Waals surface area (Å²) in [6, 6.07) is 9.32. The Balaban J connectivity index is 2.59. The standard InChI is InChI=1S/C7H7ClOS/c8-7(10)9-6-4-2-1-3-5-6/h1-5,7,10H. The quantitative estimate of drug-likeness (QED) is 0.412. The zero-order valence-corrected chi connectivity index (χ0v) is 6.85. The molecular weight excluding hydrogens is 168 g/mol. The average Bonchev–Trinajstić information content (AvgIpc) is 1.88. The van der Waals surface area contributed by atoms with E-state index < -0.39 is 4.90 Å². The van der Waals surface area contributed by atoms with E-state index in [4.69, 9.17) is 16.3 Å². The van der Waals surface area contributed by atoms with Crippen LogP contribution in [0.2, 0.25) is 0 Å². The van der Waals surface area contributed by atoms with Crippen molar-refractivity contribution in [2.24, 2.45) is 0 Å². The largest absolute Gasteiger partial charge is 0.466 e. The molecule has 0 saturated carbocycles. The molecule has 0 N–H and O–H groups in total. The van der Waals surface area contributed by atoms with Crippen LogP contribution in [0.1, 0.15) is 0 Å². The number of alkyl halides is 1. The second-order valence-corrected chi connectivity index (χ2v) is 2.89. The summed E-state index contributed by atoms with van der Waals surface area (Å²) < 4.78 is 5.04. The molecule has 1 unspecified atom stereocenters. The van der Waals surface area contributed by atoms with Crippen molar-refractivity contribution in [1.82, 2.24) is 0 Å². The van der Waals surface area contributed by atoms with Gasteiger partial charge in [-0.25, -0.2) is 0 Å². The van der Waals surface area contributed by atoms with Gasteiger partial charge in [0.25, 0.3) is 0 Å². The van der Waals surface area contributed by atoms with E-state index in [9.17, 15) is 0 Å². The molecule has 0 aliphatic heterocycles. The molecule has 0 amide bonds. The van der Waals surface area contributed by atoms with Gasteiger partial charge in [-0.15, -0.1) is 12.6 Å². The van der Waals surface area contributed by atoms with Crippen LogP contribution in [-0.2, 0) is 0 Å². The van der Waals surface area contributed by atoms with Crippen LogP contribution in [0.25, 0.3) is 0 Å². The first-order chi connectivity index (χ1) is 4.79. The summed E-state index contributed by atoms with van der Waals surface area (Å²) in [5, 5.41) is 0. The van der Waals surface area contributed by atoms with Crippen LogP contribution in [0, 0.1) is 0 Å². The Labute approximate surface area is 70.4 Å². The van der Waals surface area contributed by atoms with Crippen LogP contribution in [0.4, 0.5) is 0 Å². The summed E-state index contributed by atoms with van der Waals surface area (Å²) in [6.45, 7) is 0. The molecule has 1 rings (SSSR count). The fourth-order valence-corrected chi connectivity index (χ4v) is 0.836. The van der Waals surface area contributed by atoms with E-state index in [1.165, 1.54) is 0 Å². The molecule has 0 fully saturated rings. The molecule has 3 heteroatoms. The highest BCUT2D eigenvalue weighted by Gasteiger charge is 1.95. The van der Waals surface area contributed by atoms with E-state index >= 15 is 0 Å². The van der Waals surface area contributed by atoms with Crippen molar-refractivity contribution in [3.05, 3.63) is 30.3 Å². The van der Waals surface area contributed by atoms with Crippen molar-refractivity contribution in [2.75, 3.05) is 0 Å². The van der Waals surface area contributed by atoms with Gasteiger partial charge in [0, 0.05) is 0 Å². The molecule has 0 spiro atoms. The van der Waals surface area contributed by atoms with Gasteiger partial charge >= 0.3 is 0 Å². The van der Waals surface area contributed by atoms with Gasteiger partial charge in [-0.3, -0.25) is 0 Å². The Morgan fingerprint density at radius 3 is 2.40 bits per heavy atom. The number of benzene rings is 1. The lowest BCUT2D eigenvalue weighted by Gasteiger charge is -2.05. The molecule has 54 valence electrons. The SMILES string of the molecule is SC(Cl)Oc1ccccc1. The Kier molecular flexibility index (Phi) is 2.90. The summed E-state index contributed by atoms with van der Waals surface area (Å²) in [7, 11) is 0. The van der Waals surface area contributed by atoms with Crippen LogP contribution in [0.5, 0.6) is 5.75 Å². The van der Waals surface area contributed by atoms with Gasteiger partial charge in [-0.1, -0.05) is 29.8 Å². The molecule has 0 aromatic heterocycles. The van der Waals surface area contributed by atoms with Crippen molar-refractivity contribution < 1.29 is 4.74 Å². The van der Waals surface area contributed by atoms with E-state index in [1.807, 2.05) is 30.3 Å². The Hall–Kier alpha value is -0.340. The molecule has 1 aromatic rings. The van der Waals surface area contributed by atoms with Gasteiger partial charge in [-0.2, -0.15) is 0 Å². The minimum Gasteiger partial charge on any atom is -0.466 e. The van der Waals surface area contributed by atoms with Gasteiger partial charge in [0.2, 0.25) is 4.90 Å². The molecule has 10 heavy (non-hydrogen) atoms. The first-order valence-electron chi connectivity index (χ1n) is 2.83. The highest BCUT2D eigenvalue weighted by Crippen LogP contribution is 2.13. The molecule has 1 nitrogen and oxygen atoms in total. The molecule has 0 radical (unpaired) electrons. The maximum Gasteiger partial charge on any atom is 0.216 e. The molecule has 0 aliphatic carbocycles. The van der Waals surface area contributed by atoms with E-state index in [0.29, 0.717) is 0 Å². The summed E-state index contributed by atoms with van der Waals surface area (Å²) in [5.74, 6) is 0.734. The minimum atomic E-state index is -0.567. The van der Waals surface area contributed by atoms with Crippen LogP contribution < -0.4 is 4.74 Å². The third kappa shape index (κ3) is 2.50. The minimum absolute atomic E-state index is 0.567. The number of thiol groups is 1. The number of para-hydroxylation sites is 1. The van der Waals surface area contributed by atoms with Gasteiger partial charge in [0.1, 0.15) is 5.75 Å². The van der Waals surface area contributed by atoms with Crippen LogP contribution >= 0.6 is 24.2 Å². The normalized spacial score (nSPS) is 12.6. The second-order valence-electron chi connectivity index (χ2n) is 1.72. The predicted octanol–water partition coefficient (Wildman–Crippen LogP) is 2.52. The molecule has 1 atom stereocenters. The lowest BCUT2D eigenvalue weighted by molar-refractivity contribution is 0.362. The summed E-state index contributed by atoms with van der Waals surface area (Å²) in [5.41, 5.74) is 0. The fraction of sp³-hybridized carbons (Fsp3) is 0.143. The van der Waals surface area contributed by atoms with Crippen LogP contribution in [0.15, 0.2) is 30.3 Å². The topological polar surface area (TPSA) is 9.23 Å². The first kappa shape index (κ1) is 7.76. The molecule has 0 bridgehead atoms. The van der Waals surface area contributed by atoms with E-state index in [1.54, 1.807) is 0 Å². The molecule has 0 aliphatic rings. The number of hydrogen-bond donors (Lipinski definition) is 1. The smallest absolute Gasteiger partial charge is 0.216 e. The number of halogens is 1. The van der Waals surface area contributed by atoms with Crippen LogP contribution in [0.3, 0.4) is 0 Å². The highest BCUT2D eigenvalue weighted by molar-refractivity contribution is 7.82. The van der Waals surface area contributed by atoms with Gasteiger partial charge in [0.15, 0.2) is 0 Å². The lowest BCUT2D eigenvalue weighted by Crippen LogP contribution is -1.98. The molecule has 1 aromatic carbocycles. The Morgan fingerprint density at radius 1 is 1.30 bits per heavy atom. The monoisotopic (exact) mass is 174 g/mol. The van der Waals surface area contributed by atoms with Crippen molar-refractivity contribution in [3.8, 4) is 5.75 Å². The van der Waals surface area contributed by atoms with Gasteiger partial charge in [-0.05, 0) is 12.1 Å². The predicted molar refractivity (Wildman–Crippen MR) is 45.7 cm³/mol. The van der Waals surface area contributed by atoms with Crippen molar-refractivity contribution >= 4 is 24.2 Å². The third-order valence-electron chi connectivity index (χ3n) is 0.977. The summed E-state index contributed by atoms with van der Waals surface area (Å²) in [6.07, 6.45) is 0. The fourth-order valence-electron chi connectivity index (χ4n) is 0.611. The zero-order chi connectivity index (χ0) is 7.40. The summed E-state index contributed by atoms with van der Waals surface area (Å²) in [4.78, 5) is -0.567. The van der Waals surface area contributed by atoms with E-state index in [2.05, 4.69) is 12.6 Å². The molecule has 0 saturated heterocycles. The number of ether oxygens (including phenoxy) is 1. The molecular formula is C7H7ClOS. The van der Waals surface area contributed by atoms with E-state index in [0.717, 1.165) is 5.75 Å². The maximum absolute atomic E-state index is 5.45. The average molecular weight is 175 g/mol. The first-order valence-corrected chi connectivity index (χ1v) is 3.78. The Morgan fingerprint density at radius 2 is 1.90 bits per heavy atom. The van der Waals surface area contributed by atoms with E-state index in [-0.39, 0.29) is 0 Å². The highest BCUT2D eigenvalue weighted by atomic mass is 35.5. The maximum atomic E-state index is 5.45. The van der Waals surface area contributed by atoms with Gasteiger partial charge < -0.3 is 4.74 Å². The van der Waals surface area contributed by atoms with Crippen LogP contribution in [-0.4, -0.2) is 4.90 Å². The second kappa shape index (κ2) is 3.74. The molecule has 0 heterocycles. The number of hydrogen-bond acceptors (Lipinski definition) is 2. The van der Waals surface area contributed by atoms with Gasteiger partial charge in [0.05, 0.1) is 0 Å². The number of rotatable bonds is 2. The zero-order valence-electron chi connectivity index (χ0n) is 5.20.